The zero-order chi connectivity index (χ0) is 11.5. The largest absolute Gasteiger partial charge is 0.342 e. The van der Waals surface area contributed by atoms with Gasteiger partial charge in [-0.3, -0.25) is 4.79 Å². The summed E-state index contributed by atoms with van der Waals surface area (Å²) >= 11 is 0. The molecule has 0 saturated carbocycles. The molecular weight excluding hydrogens is 188 g/mol. The van der Waals surface area contributed by atoms with E-state index in [1.807, 2.05) is 18.7 Å². The molecule has 0 spiro atoms. The van der Waals surface area contributed by atoms with E-state index in [1.54, 1.807) is 0 Å². The van der Waals surface area contributed by atoms with Crippen molar-refractivity contribution in [1.82, 2.24) is 10.2 Å². The van der Waals surface area contributed by atoms with Gasteiger partial charge in [0.2, 0.25) is 5.91 Å². The minimum atomic E-state index is 0.272. The van der Waals surface area contributed by atoms with E-state index >= 15 is 0 Å². The Labute approximate surface area is 93.2 Å². The summed E-state index contributed by atoms with van der Waals surface area (Å²) in [4.78, 5) is 13.8. The van der Waals surface area contributed by atoms with Crippen LogP contribution >= 0.6 is 0 Å². The van der Waals surface area contributed by atoms with Gasteiger partial charge >= 0.3 is 0 Å². The van der Waals surface area contributed by atoms with Crippen LogP contribution in [-0.2, 0) is 4.79 Å². The Kier molecular flexibility index (Phi) is 4.14. The number of hydrogen-bond donors (Lipinski definition) is 1. The standard InChI is InChI=1S/C10H18N2O.C2H6/c1-10(2)3-4-12(7-10)9(13)8-5-11-6-8;1-2/h8,11H,3-7H2,1-2H3;1-2H3. The second-order valence-corrected chi connectivity index (χ2v) is 5.03. The fraction of sp³-hybridized carbons (Fsp3) is 0.917. The third-order valence-electron chi connectivity index (χ3n) is 3.12. The van der Waals surface area contributed by atoms with Crippen molar-refractivity contribution in [3.8, 4) is 0 Å². The SMILES string of the molecule is CC.CC1(C)CCN(C(=O)C2CNC2)C1. The fourth-order valence-electron chi connectivity index (χ4n) is 2.02. The molecule has 15 heavy (non-hydrogen) atoms. The molecule has 1 amide bonds. The van der Waals surface area contributed by atoms with Gasteiger partial charge < -0.3 is 10.2 Å². The molecule has 0 aromatic rings. The van der Waals surface area contributed by atoms with E-state index in [-0.39, 0.29) is 5.92 Å². The average molecular weight is 212 g/mol. The van der Waals surface area contributed by atoms with Crippen molar-refractivity contribution in [3.63, 3.8) is 0 Å². The molecule has 2 heterocycles. The molecule has 0 radical (unpaired) electrons. The van der Waals surface area contributed by atoms with Crippen LogP contribution in [0.3, 0.4) is 0 Å². The van der Waals surface area contributed by atoms with Crippen molar-refractivity contribution in [2.75, 3.05) is 26.2 Å². The number of carbonyl (C=O) groups is 1. The Morgan fingerprint density at radius 1 is 1.33 bits per heavy atom. The molecular formula is C12H24N2O. The molecule has 0 bridgehead atoms. The van der Waals surface area contributed by atoms with Crippen LogP contribution in [0.2, 0.25) is 0 Å². The van der Waals surface area contributed by atoms with Gasteiger partial charge in [-0.05, 0) is 11.8 Å². The van der Waals surface area contributed by atoms with Crippen molar-refractivity contribution in [2.24, 2.45) is 11.3 Å². The first kappa shape index (κ1) is 12.5. The predicted octanol–water partition coefficient (Wildman–Crippen LogP) is 1.49. The van der Waals surface area contributed by atoms with E-state index in [0.717, 1.165) is 32.6 Å². The first-order valence-electron chi connectivity index (χ1n) is 6.08. The highest BCUT2D eigenvalue weighted by Gasteiger charge is 2.36. The van der Waals surface area contributed by atoms with Gasteiger partial charge in [-0.15, -0.1) is 0 Å². The van der Waals surface area contributed by atoms with E-state index in [2.05, 4.69) is 19.2 Å². The van der Waals surface area contributed by atoms with E-state index < -0.39 is 0 Å². The zero-order valence-electron chi connectivity index (χ0n) is 10.5. The second-order valence-electron chi connectivity index (χ2n) is 5.03. The summed E-state index contributed by atoms with van der Waals surface area (Å²) in [5.74, 6) is 0.637. The van der Waals surface area contributed by atoms with Gasteiger partial charge in [-0.25, -0.2) is 0 Å². The van der Waals surface area contributed by atoms with Gasteiger partial charge in [0.05, 0.1) is 5.92 Å². The lowest BCUT2D eigenvalue weighted by atomic mass is 9.93. The molecule has 0 aromatic heterocycles. The Morgan fingerprint density at radius 3 is 2.27 bits per heavy atom. The van der Waals surface area contributed by atoms with Gasteiger partial charge in [-0.1, -0.05) is 27.7 Å². The molecule has 1 N–H and O–H groups in total. The molecule has 3 heteroatoms. The molecule has 2 aliphatic heterocycles. The van der Waals surface area contributed by atoms with Crippen LogP contribution < -0.4 is 5.32 Å². The normalized spacial score (nSPS) is 24.1. The third kappa shape index (κ3) is 2.94. The number of hydrogen-bond acceptors (Lipinski definition) is 2. The molecule has 0 aromatic carbocycles. The smallest absolute Gasteiger partial charge is 0.228 e. The number of carbonyl (C=O) groups excluding carboxylic acids is 1. The lowest BCUT2D eigenvalue weighted by Gasteiger charge is -2.30. The minimum absolute atomic E-state index is 0.272. The van der Waals surface area contributed by atoms with E-state index in [9.17, 15) is 4.79 Å². The van der Waals surface area contributed by atoms with Crippen LogP contribution in [-0.4, -0.2) is 37.0 Å². The number of likely N-dealkylation sites (tertiary alicyclic amines) is 1. The van der Waals surface area contributed by atoms with Crippen molar-refractivity contribution in [2.45, 2.75) is 34.1 Å². The predicted molar refractivity (Wildman–Crippen MR) is 62.7 cm³/mol. The maximum atomic E-state index is 11.8. The molecule has 88 valence electrons. The number of amides is 1. The summed E-state index contributed by atoms with van der Waals surface area (Å²) < 4.78 is 0. The third-order valence-corrected chi connectivity index (χ3v) is 3.12. The number of rotatable bonds is 1. The first-order valence-corrected chi connectivity index (χ1v) is 6.08. The summed E-state index contributed by atoms with van der Waals surface area (Å²) in [5.41, 5.74) is 0.340. The second kappa shape index (κ2) is 4.97. The van der Waals surface area contributed by atoms with Gasteiger partial charge in [0.15, 0.2) is 0 Å². The number of nitrogens with zero attached hydrogens (tertiary/aromatic N) is 1. The maximum absolute atomic E-state index is 11.8. The molecule has 2 fully saturated rings. The van der Waals surface area contributed by atoms with Crippen LogP contribution in [0.4, 0.5) is 0 Å². The van der Waals surface area contributed by atoms with Crippen LogP contribution in [0.5, 0.6) is 0 Å². The molecule has 0 atom stereocenters. The topological polar surface area (TPSA) is 32.3 Å². The van der Waals surface area contributed by atoms with Gasteiger partial charge in [0.25, 0.3) is 0 Å². The highest BCUT2D eigenvalue weighted by atomic mass is 16.2. The quantitative estimate of drug-likeness (QED) is 0.714. The van der Waals surface area contributed by atoms with Crippen LogP contribution in [0.1, 0.15) is 34.1 Å². The van der Waals surface area contributed by atoms with E-state index in [0.29, 0.717) is 11.3 Å². The highest BCUT2D eigenvalue weighted by Crippen LogP contribution is 2.29. The summed E-state index contributed by atoms with van der Waals surface area (Å²) in [6.45, 7) is 12.1. The summed E-state index contributed by atoms with van der Waals surface area (Å²) in [6, 6.07) is 0. The Bertz CT molecular complexity index is 222. The van der Waals surface area contributed by atoms with Gasteiger partial charge in [0.1, 0.15) is 0 Å². The average Bonchev–Trinajstić information content (AvgIpc) is 2.46. The fourth-order valence-corrected chi connectivity index (χ4v) is 2.02. The molecule has 2 aliphatic rings. The summed E-state index contributed by atoms with van der Waals surface area (Å²) in [5, 5.41) is 3.14. The lowest BCUT2D eigenvalue weighted by molar-refractivity contribution is -0.136. The van der Waals surface area contributed by atoms with Crippen molar-refractivity contribution in [1.29, 1.82) is 0 Å². The lowest BCUT2D eigenvalue weighted by Crippen LogP contribution is -2.51. The first-order chi connectivity index (χ1) is 7.08. The molecule has 0 unspecified atom stereocenters. The molecule has 3 nitrogen and oxygen atoms in total. The molecule has 2 rings (SSSR count). The monoisotopic (exact) mass is 212 g/mol. The molecule has 2 saturated heterocycles. The summed E-state index contributed by atoms with van der Waals surface area (Å²) in [6.07, 6.45) is 1.15. The van der Waals surface area contributed by atoms with Crippen molar-refractivity contribution in [3.05, 3.63) is 0 Å². The maximum Gasteiger partial charge on any atom is 0.228 e. The van der Waals surface area contributed by atoms with Crippen molar-refractivity contribution >= 4 is 5.91 Å². The van der Waals surface area contributed by atoms with Crippen LogP contribution in [0.25, 0.3) is 0 Å². The van der Waals surface area contributed by atoms with E-state index in [4.69, 9.17) is 0 Å². The minimum Gasteiger partial charge on any atom is -0.342 e. The molecule has 0 aliphatic carbocycles. The Balaban J connectivity index is 0.000000531. The summed E-state index contributed by atoms with van der Waals surface area (Å²) in [7, 11) is 0. The zero-order valence-corrected chi connectivity index (χ0v) is 10.5. The highest BCUT2D eigenvalue weighted by molar-refractivity contribution is 5.80. The van der Waals surface area contributed by atoms with Gasteiger partial charge in [-0.2, -0.15) is 0 Å². The number of nitrogens with one attached hydrogen (secondary N) is 1. The van der Waals surface area contributed by atoms with Crippen LogP contribution in [0, 0.1) is 11.3 Å². The van der Waals surface area contributed by atoms with Crippen LogP contribution in [0.15, 0.2) is 0 Å². The Morgan fingerprint density at radius 2 is 1.93 bits per heavy atom. The van der Waals surface area contributed by atoms with Crippen molar-refractivity contribution < 1.29 is 4.79 Å². The Hall–Kier alpha value is -0.570. The van der Waals surface area contributed by atoms with Gasteiger partial charge in [0, 0.05) is 26.2 Å². The van der Waals surface area contributed by atoms with E-state index in [1.165, 1.54) is 0 Å².